The Morgan fingerprint density at radius 2 is 2.05 bits per heavy atom. The summed E-state index contributed by atoms with van der Waals surface area (Å²) in [5, 5.41) is 2.98. The number of hydrogen-bond acceptors (Lipinski definition) is 4. The van der Waals surface area contributed by atoms with Crippen molar-refractivity contribution in [2.45, 2.75) is 58.5 Å². The van der Waals surface area contributed by atoms with E-state index in [1.54, 1.807) is 6.07 Å². The molecule has 1 aromatic rings. The highest BCUT2D eigenvalue weighted by molar-refractivity contribution is 5.98. The number of aromatic nitrogens is 1. The van der Waals surface area contributed by atoms with E-state index in [0.717, 1.165) is 43.5 Å². The number of carbonyl (C=O) groups is 1. The summed E-state index contributed by atoms with van der Waals surface area (Å²) >= 11 is 0. The normalized spacial score (nSPS) is 16.5. The van der Waals surface area contributed by atoms with E-state index in [4.69, 9.17) is 9.47 Å². The number of nitrogens with one attached hydrogen (secondary N) is 1. The van der Waals surface area contributed by atoms with Gasteiger partial charge < -0.3 is 14.8 Å². The van der Waals surface area contributed by atoms with Gasteiger partial charge in [0, 0.05) is 12.7 Å². The number of carbonyl (C=O) groups excluding carboxylic acids is 1. The fraction of sp³-hybridized carbons (Fsp3) is 0.647. The van der Waals surface area contributed by atoms with Crippen molar-refractivity contribution in [1.82, 2.24) is 4.98 Å². The molecule has 0 atom stereocenters. The molecule has 1 aliphatic carbocycles. The van der Waals surface area contributed by atoms with Gasteiger partial charge in [0.2, 0.25) is 5.88 Å². The molecule has 2 rings (SSSR count). The fourth-order valence-electron chi connectivity index (χ4n) is 2.85. The van der Waals surface area contributed by atoms with Gasteiger partial charge in [-0.3, -0.25) is 4.79 Å². The first-order valence-corrected chi connectivity index (χ1v) is 8.17. The van der Waals surface area contributed by atoms with Crippen LogP contribution in [0.15, 0.2) is 12.1 Å². The van der Waals surface area contributed by atoms with Crippen LogP contribution in [0.3, 0.4) is 0 Å². The third kappa shape index (κ3) is 3.77. The standard InChI is InChI=1S/C17H26N2O3/c1-4-12-21-15-9-8-14(13(3)18-15)19-16(20)17(22-5-2)10-6-7-11-17/h8-9H,4-7,10-12H2,1-3H3,(H,19,20). The topological polar surface area (TPSA) is 60.5 Å². The van der Waals surface area contributed by atoms with Crippen molar-refractivity contribution in [3.63, 3.8) is 0 Å². The number of hydrogen-bond donors (Lipinski definition) is 1. The lowest BCUT2D eigenvalue weighted by Crippen LogP contribution is -2.43. The van der Waals surface area contributed by atoms with Crippen molar-refractivity contribution in [3.8, 4) is 5.88 Å². The Hall–Kier alpha value is -1.62. The minimum absolute atomic E-state index is 0.0565. The van der Waals surface area contributed by atoms with Crippen LogP contribution in [-0.2, 0) is 9.53 Å². The second-order valence-corrected chi connectivity index (χ2v) is 5.72. The molecule has 1 heterocycles. The molecule has 1 amide bonds. The molecule has 5 heteroatoms. The second-order valence-electron chi connectivity index (χ2n) is 5.72. The Morgan fingerprint density at radius 3 is 2.64 bits per heavy atom. The number of anilines is 1. The molecular formula is C17H26N2O3. The number of aryl methyl sites for hydroxylation is 1. The summed E-state index contributed by atoms with van der Waals surface area (Å²) in [6.07, 6.45) is 4.59. The van der Waals surface area contributed by atoms with E-state index in [1.165, 1.54) is 0 Å². The summed E-state index contributed by atoms with van der Waals surface area (Å²) < 4.78 is 11.3. The Kier molecular flexibility index (Phi) is 5.77. The van der Waals surface area contributed by atoms with E-state index in [0.29, 0.717) is 19.1 Å². The Balaban J connectivity index is 2.07. The maximum atomic E-state index is 12.6. The van der Waals surface area contributed by atoms with Gasteiger partial charge in [-0.1, -0.05) is 6.92 Å². The zero-order valence-corrected chi connectivity index (χ0v) is 13.8. The Labute approximate surface area is 132 Å². The highest BCUT2D eigenvalue weighted by Gasteiger charge is 2.42. The van der Waals surface area contributed by atoms with Crippen LogP contribution in [-0.4, -0.2) is 29.7 Å². The predicted octanol–water partition coefficient (Wildman–Crippen LogP) is 3.47. The van der Waals surface area contributed by atoms with Gasteiger partial charge in [0.1, 0.15) is 5.60 Å². The highest BCUT2D eigenvalue weighted by atomic mass is 16.5. The molecule has 1 aromatic heterocycles. The molecule has 0 unspecified atom stereocenters. The van der Waals surface area contributed by atoms with Crippen molar-refractivity contribution in [3.05, 3.63) is 17.8 Å². The van der Waals surface area contributed by atoms with Gasteiger partial charge in [0.15, 0.2) is 0 Å². The highest BCUT2D eigenvalue weighted by Crippen LogP contribution is 2.34. The van der Waals surface area contributed by atoms with Crippen molar-refractivity contribution in [1.29, 1.82) is 0 Å². The smallest absolute Gasteiger partial charge is 0.256 e. The zero-order chi connectivity index (χ0) is 16.0. The summed E-state index contributed by atoms with van der Waals surface area (Å²) in [6, 6.07) is 3.64. The van der Waals surface area contributed by atoms with E-state index in [-0.39, 0.29) is 5.91 Å². The summed E-state index contributed by atoms with van der Waals surface area (Å²) in [5.74, 6) is 0.539. The first kappa shape index (κ1) is 16.7. The lowest BCUT2D eigenvalue weighted by Gasteiger charge is -2.27. The fourth-order valence-corrected chi connectivity index (χ4v) is 2.85. The molecule has 22 heavy (non-hydrogen) atoms. The third-order valence-electron chi connectivity index (χ3n) is 4.01. The van der Waals surface area contributed by atoms with E-state index in [2.05, 4.69) is 17.2 Å². The maximum Gasteiger partial charge on any atom is 0.256 e. The maximum absolute atomic E-state index is 12.6. The van der Waals surface area contributed by atoms with Gasteiger partial charge in [-0.05, 0) is 52.0 Å². The molecule has 1 saturated carbocycles. The van der Waals surface area contributed by atoms with Gasteiger partial charge in [-0.15, -0.1) is 0 Å². The van der Waals surface area contributed by atoms with Crippen LogP contribution >= 0.6 is 0 Å². The Morgan fingerprint density at radius 1 is 1.32 bits per heavy atom. The number of ether oxygens (including phenoxy) is 2. The summed E-state index contributed by atoms with van der Waals surface area (Å²) in [5.41, 5.74) is 0.810. The molecule has 1 N–H and O–H groups in total. The molecule has 0 aromatic carbocycles. The second kappa shape index (κ2) is 7.58. The largest absolute Gasteiger partial charge is 0.478 e. The summed E-state index contributed by atoms with van der Waals surface area (Å²) in [7, 11) is 0. The summed E-state index contributed by atoms with van der Waals surface area (Å²) in [6.45, 7) is 7.05. The van der Waals surface area contributed by atoms with Gasteiger partial charge >= 0.3 is 0 Å². The van der Waals surface area contributed by atoms with Crippen molar-refractivity contribution < 1.29 is 14.3 Å². The molecule has 1 fully saturated rings. The first-order chi connectivity index (χ1) is 10.6. The van der Waals surface area contributed by atoms with Crippen LogP contribution in [0, 0.1) is 6.92 Å². The van der Waals surface area contributed by atoms with Gasteiger partial charge in [0.05, 0.1) is 18.0 Å². The Bertz CT molecular complexity index is 511. The lowest BCUT2D eigenvalue weighted by atomic mass is 10.0. The van der Waals surface area contributed by atoms with Crippen LogP contribution in [0.1, 0.15) is 51.6 Å². The van der Waals surface area contributed by atoms with Gasteiger partial charge in [0.25, 0.3) is 5.91 Å². The zero-order valence-electron chi connectivity index (χ0n) is 13.8. The number of rotatable bonds is 7. The molecule has 5 nitrogen and oxygen atoms in total. The molecule has 1 aliphatic rings. The molecule has 0 spiro atoms. The van der Waals surface area contributed by atoms with Crippen molar-refractivity contribution in [2.75, 3.05) is 18.5 Å². The molecular weight excluding hydrogens is 280 g/mol. The first-order valence-electron chi connectivity index (χ1n) is 8.17. The van der Waals surface area contributed by atoms with Crippen LogP contribution < -0.4 is 10.1 Å². The molecule has 0 saturated heterocycles. The number of amides is 1. The molecule has 0 radical (unpaired) electrons. The van der Waals surface area contributed by atoms with E-state index >= 15 is 0 Å². The SMILES string of the molecule is CCCOc1ccc(NC(=O)C2(OCC)CCCC2)c(C)n1. The van der Waals surface area contributed by atoms with Crippen molar-refractivity contribution >= 4 is 11.6 Å². The third-order valence-corrected chi connectivity index (χ3v) is 4.01. The van der Waals surface area contributed by atoms with Gasteiger partial charge in [-0.25, -0.2) is 4.98 Å². The average Bonchev–Trinajstić information content (AvgIpc) is 2.98. The lowest BCUT2D eigenvalue weighted by molar-refractivity contribution is -0.140. The van der Waals surface area contributed by atoms with Gasteiger partial charge in [-0.2, -0.15) is 0 Å². The van der Waals surface area contributed by atoms with Crippen LogP contribution in [0.25, 0.3) is 0 Å². The van der Waals surface area contributed by atoms with Crippen molar-refractivity contribution in [2.24, 2.45) is 0 Å². The van der Waals surface area contributed by atoms with E-state index in [9.17, 15) is 4.79 Å². The van der Waals surface area contributed by atoms with Crippen LogP contribution in [0.2, 0.25) is 0 Å². The van der Waals surface area contributed by atoms with Crippen LogP contribution in [0.4, 0.5) is 5.69 Å². The minimum atomic E-state index is -0.668. The molecule has 0 aliphatic heterocycles. The minimum Gasteiger partial charge on any atom is -0.478 e. The summed E-state index contributed by atoms with van der Waals surface area (Å²) in [4.78, 5) is 17.0. The monoisotopic (exact) mass is 306 g/mol. The molecule has 122 valence electrons. The van der Waals surface area contributed by atoms with E-state index < -0.39 is 5.60 Å². The van der Waals surface area contributed by atoms with E-state index in [1.807, 2.05) is 19.9 Å². The molecule has 0 bridgehead atoms. The number of nitrogens with zero attached hydrogens (tertiary/aromatic N) is 1. The number of pyridine rings is 1. The average molecular weight is 306 g/mol. The van der Waals surface area contributed by atoms with Crippen LogP contribution in [0.5, 0.6) is 5.88 Å². The predicted molar refractivity (Wildman–Crippen MR) is 86.2 cm³/mol. The quantitative estimate of drug-likeness (QED) is 0.838.